The van der Waals surface area contributed by atoms with Crippen LogP contribution in [0.4, 0.5) is 11.4 Å². The minimum absolute atomic E-state index is 0.319. The van der Waals surface area contributed by atoms with Gasteiger partial charge in [0.1, 0.15) is 9.88 Å². The maximum atomic E-state index is 12.6. The Kier molecular flexibility index (Phi) is 4.89. The highest BCUT2D eigenvalue weighted by Crippen LogP contribution is 2.32. The quantitative estimate of drug-likeness (QED) is 0.690. The van der Waals surface area contributed by atoms with Crippen molar-refractivity contribution in [3.63, 3.8) is 0 Å². The summed E-state index contributed by atoms with van der Waals surface area (Å²) in [4.78, 5) is 18.6. The zero-order valence-corrected chi connectivity index (χ0v) is 15.9. The van der Waals surface area contributed by atoms with E-state index in [9.17, 15) is 13.2 Å². The van der Waals surface area contributed by atoms with Gasteiger partial charge in [-0.05, 0) is 30.5 Å². The van der Waals surface area contributed by atoms with Crippen LogP contribution in [-0.2, 0) is 10.0 Å². The van der Waals surface area contributed by atoms with Crippen molar-refractivity contribution in [3.05, 3.63) is 52.3 Å². The average Bonchev–Trinajstić information content (AvgIpc) is 3.17. The Morgan fingerprint density at radius 3 is 2.48 bits per heavy atom. The second kappa shape index (κ2) is 6.95. The highest BCUT2D eigenvalue weighted by atomic mass is 32.2. The zero-order chi connectivity index (χ0) is 18.0. The monoisotopic (exact) mass is 393 g/mol. The molecule has 2 heterocycles. The summed E-state index contributed by atoms with van der Waals surface area (Å²) in [5.41, 5.74) is 1.35. The first-order chi connectivity index (χ1) is 11.8. The number of nitrogens with zero attached hydrogens (tertiary/aromatic N) is 1. The first-order valence-corrected chi connectivity index (χ1v) is 10.8. The molecule has 25 heavy (non-hydrogen) atoms. The summed E-state index contributed by atoms with van der Waals surface area (Å²) in [6.07, 6.45) is 1.06. The highest BCUT2D eigenvalue weighted by Gasteiger charge is 2.18. The third kappa shape index (κ3) is 4.25. The molecule has 0 aliphatic rings. The number of carbonyl (C=O) groups excluding carboxylic acids is 1. The molecule has 0 unspecified atom stereocenters. The molecule has 3 rings (SSSR count). The number of anilines is 2. The second-order valence-corrected chi connectivity index (χ2v) is 8.98. The highest BCUT2D eigenvalue weighted by molar-refractivity contribution is 7.92. The molecule has 0 spiro atoms. The minimum atomic E-state index is -3.44. The van der Waals surface area contributed by atoms with Crippen molar-refractivity contribution in [2.45, 2.75) is 6.92 Å². The fraction of sp³-hybridized carbons (Fsp3) is 0.125. The molecule has 130 valence electrons. The number of amides is 1. The van der Waals surface area contributed by atoms with Crippen molar-refractivity contribution in [2.75, 3.05) is 16.3 Å². The van der Waals surface area contributed by atoms with Crippen molar-refractivity contribution in [2.24, 2.45) is 0 Å². The molecule has 9 heteroatoms. The molecular formula is C16H15N3O3S3. The Balaban J connectivity index is 1.86. The van der Waals surface area contributed by atoms with Crippen LogP contribution in [0.5, 0.6) is 0 Å². The summed E-state index contributed by atoms with van der Waals surface area (Å²) in [6.45, 7) is 1.78. The maximum absolute atomic E-state index is 12.6. The molecule has 0 aliphatic heterocycles. The van der Waals surface area contributed by atoms with Gasteiger partial charge in [0.15, 0.2) is 0 Å². The van der Waals surface area contributed by atoms with E-state index < -0.39 is 10.0 Å². The van der Waals surface area contributed by atoms with Gasteiger partial charge in [-0.15, -0.1) is 22.7 Å². The summed E-state index contributed by atoms with van der Waals surface area (Å²) in [5, 5.41) is 5.51. The number of benzene rings is 1. The Morgan fingerprint density at radius 1 is 1.12 bits per heavy atom. The van der Waals surface area contributed by atoms with Crippen LogP contribution in [0, 0.1) is 6.92 Å². The van der Waals surface area contributed by atoms with E-state index in [1.54, 1.807) is 42.5 Å². The van der Waals surface area contributed by atoms with E-state index >= 15 is 0 Å². The number of thiazole rings is 1. The molecule has 3 aromatic rings. The van der Waals surface area contributed by atoms with Gasteiger partial charge in [-0.3, -0.25) is 9.52 Å². The van der Waals surface area contributed by atoms with Crippen LogP contribution < -0.4 is 10.0 Å². The van der Waals surface area contributed by atoms with Crippen LogP contribution in [0.3, 0.4) is 0 Å². The van der Waals surface area contributed by atoms with E-state index in [2.05, 4.69) is 15.0 Å². The first-order valence-electron chi connectivity index (χ1n) is 7.23. The summed E-state index contributed by atoms with van der Waals surface area (Å²) in [6, 6.07) is 10.5. The molecule has 0 saturated heterocycles. The lowest BCUT2D eigenvalue weighted by Gasteiger charge is -2.11. The number of nitrogens with one attached hydrogen (secondary N) is 2. The number of hydrogen-bond acceptors (Lipinski definition) is 6. The van der Waals surface area contributed by atoms with Crippen molar-refractivity contribution in [1.82, 2.24) is 4.98 Å². The predicted molar refractivity (Wildman–Crippen MR) is 103 cm³/mol. The minimum Gasteiger partial charge on any atom is -0.319 e. The van der Waals surface area contributed by atoms with Crippen molar-refractivity contribution >= 4 is 50.0 Å². The summed E-state index contributed by atoms with van der Waals surface area (Å²) in [7, 11) is -3.44. The Morgan fingerprint density at radius 2 is 1.84 bits per heavy atom. The predicted octanol–water partition coefficient (Wildman–Crippen LogP) is 3.80. The van der Waals surface area contributed by atoms with Crippen LogP contribution in [0.25, 0.3) is 9.88 Å². The first kappa shape index (κ1) is 17.6. The van der Waals surface area contributed by atoms with Crippen LogP contribution in [0.1, 0.15) is 15.4 Å². The number of aromatic nitrogens is 1. The fourth-order valence-corrected chi connectivity index (χ4v) is 4.51. The molecular weight excluding hydrogens is 378 g/mol. The van der Waals surface area contributed by atoms with Gasteiger partial charge in [0, 0.05) is 0 Å². The molecule has 2 aromatic heterocycles. The lowest BCUT2D eigenvalue weighted by molar-refractivity contribution is 0.103. The molecule has 2 N–H and O–H groups in total. The molecule has 6 nitrogen and oxygen atoms in total. The number of thiophene rings is 1. The number of para-hydroxylation sites is 2. The number of carbonyl (C=O) groups is 1. The van der Waals surface area contributed by atoms with E-state index in [1.807, 2.05) is 17.5 Å². The Labute approximate surface area is 153 Å². The maximum Gasteiger partial charge on any atom is 0.267 e. The van der Waals surface area contributed by atoms with E-state index in [4.69, 9.17) is 0 Å². The molecule has 1 aromatic carbocycles. The van der Waals surface area contributed by atoms with Crippen LogP contribution in [0.2, 0.25) is 0 Å². The SMILES string of the molecule is Cc1nc(-c2cccs2)sc1C(=O)Nc1ccccc1NS(C)(=O)=O. The van der Waals surface area contributed by atoms with Crippen LogP contribution in [0.15, 0.2) is 41.8 Å². The molecule has 0 bridgehead atoms. The van der Waals surface area contributed by atoms with Crippen molar-refractivity contribution in [3.8, 4) is 9.88 Å². The molecule has 1 amide bonds. The van der Waals surface area contributed by atoms with E-state index in [-0.39, 0.29) is 5.91 Å². The number of sulfonamides is 1. The molecule has 0 saturated carbocycles. The number of rotatable bonds is 5. The average molecular weight is 394 g/mol. The van der Waals surface area contributed by atoms with Gasteiger partial charge in [0.2, 0.25) is 10.0 Å². The smallest absolute Gasteiger partial charge is 0.267 e. The third-order valence-electron chi connectivity index (χ3n) is 3.21. The van der Waals surface area contributed by atoms with Crippen molar-refractivity contribution in [1.29, 1.82) is 0 Å². The lowest BCUT2D eigenvalue weighted by Crippen LogP contribution is -2.15. The van der Waals surface area contributed by atoms with Gasteiger partial charge in [-0.1, -0.05) is 18.2 Å². The van der Waals surface area contributed by atoms with E-state index in [1.165, 1.54) is 11.3 Å². The van der Waals surface area contributed by atoms with Gasteiger partial charge in [-0.2, -0.15) is 0 Å². The van der Waals surface area contributed by atoms with E-state index in [0.29, 0.717) is 21.9 Å². The third-order valence-corrected chi connectivity index (χ3v) is 5.99. The van der Waals surface area contributed by atoms with Crippen molar-refractivity contribution < 1.29 is 13.2 Å². The van der Waals surface area contributed by atoms with Crippen LogP contribution >= 0.6 is 22.7 Å². The van der Waals surface area contributed by atoms with Gasteiger partial charge >= 0.3 is 0 Å². The van der Waals surface area contributed by atoms with E-state index in [0.717, 1.165) is 16.1 Å². The zero-order valence-electron chi connectivity index (χ0n) is 13.4. The summed E-state index contributed by atoms with van der Waals surface area (Å²) < 4.78 is 25.3. The largest absolute Gasteiger partial charge is 0.319 e. The lowest BCUT2D eigenvalue weighted by atomic mass is 10.2. The molecule has 0 radical (unpaired) electrons. The Bertz CT molecular complexity index is 1010. The van der Waals surface area contributed by atoms with Crippen LogP contribution in [-0.4, -0.2) is 25.6 Å². The number of hydrogen-bond donors (Lipinski definition) is 2. The molecule has 0 atom stereocenters. The molecule has 0 aliphatic carbocycles. The Hall–Kier alpha value is -2.23. The van der Waals surface area contributed by atoms with Gasteiger partial charge in [-0.25, -0.2) is 13.4 Å². The fourth-order valence-electron chi connectivity index (χ4n) is 2.17. The summed E-state index contributed by atoms with van der Waals surface area (Å²) >= 11 is 2.87. The summed E-state index contributed by atoms with van der Waals surface area (Å²) in [5.74, 6) is -0.319. The standard InChI is InChI=1S/C16H15N3O3S3/c1-10-14(24-16(17-10)13-8-5-9-23-13)15(20)18-11-6-3-4-7-12(11)19-25(2,21)22/h3-9,19H,1-2H3,(H,18,20). The topological polar surface area (TPSA) is 88.2 Å². The second-order valence-electron chi connectivity index (χ2n) is 5.28. The number of aryl methyl sites for hydroxylation is 1. The van der Waals surface area contributed by atoms with Gasteiger partial charge < -0.3 is 5.32 Å². The van der Waals surface area contributed by atoms with Gasteiger partial charge in [0.25, 0.3) is 5.91 Å². The normalized spacial score (nSPS) is 11.3. The van der Waals surface area contributed by atoms with Gasteiger partial charge in [0.05, 0.1) is 28.2 Å². The molecule has 0 fully saturated rings.